The number of rotatable bonds is 4. The lowest BCUT2D eigenvalue weighted by atomic mass is 10.1. The second-order valence-corrected chi connectivity index (χ2v) is 7.99. The Bertz CT molecular complexity index is 1080. The van der Waals surface area contributed by atoms with Crippen LogP contribution in [0, 0.1) is 0 Å². The van der Waals surface area contributed by atoms with Gasteiger partial charge in [0.05, 0.1) is 11.6 Å². The molecule has 0 spiro atoms. The fraction of sp³-hybridized carbons (Fsp3) is 0.312. The van der Waals surface area contributed by atoms with Crippen LogP contribution in [0.5, 0.6) is 0 Å². The number of alkyl halides is 3. The van der Waals surface area contributed by atoms with Gasteiger partial charge in [-0.05, 0) is 25.1 Å². The first kappa shape index (κ1) is 17.9. The maximum atomic E-state index is 12.8. The number of sulfonamides is 1. The molecule has 1 saturated heterocycles. The highest BCUT2D eigenvalue weighted by Gasteiger charge is 2.31. The average Bonchev–Trinajstić information content (AvgIpc) is 3.33. The highest BCUT2D eigenvalue weighted by molar-refractivity contribution is 7.93. The third-order valence-electron chi connectivity index (χ3n) is 4.52. The van der Waals surface area contributed by atoms with Crippen LogP contribution in [-0.2, 0) is 16.2 Å². The Balaban J connectivity index is 1.62. The van der Waals surface area contributed by atoms with E-state index >= 15 is 0 Å². The molecular formula is C16H16F3N5O2S. The lowest BCUT2D eigenvalue weighted by molar-refractivity contribution is -0.137. The first-order valence-electron chi connectivity index (χ1n) is 8.21. The summed E-state index contributed by atoms with van der Waals surface area (Å²) in [7, 11) is -4.01. The maximum absolute atomic E-state index is 12.8. The lowest BCUT2D eigenvalue weighted by Gasteiger charge is -2.09. The number of halogens is 3. The maximum Gasteiger partial charge on any atom is 0.416 e. The van der Waals surface area contributed by atoms with Gasteiger partial charge >= 0.3 is 6.18 Å². The van der Waals surface area contributed by atoms with Crippen molar-refractivity contribution in [1.29, 1.82) is 0 Å². The molecule has 1 fully saturated rings. The van der Waals surface area contributed by atoms with Crippen LogP contribution in [0.15, 0.2) is 41.6 Å². The van der Waals surface area contributed by atoms with Crippen LogP contribution in [0.25, 0.3) is 10.9 Å². The van der Waals surface area contributed by atoms with Crippen molar-refractivity contribution in [2.75, 3.05) is 17.8 Å². The summed E-state index contributed by atoms with van der Waals surface area (Å²) in [5.74, 6) is 0.156. The molecule has 1 atom stereocenters. The van der Waals surface area contributed by atoms with Crippen LogP contribution in [0.4, 0.5) is 19.0 Å². The van der Waals surface area contributed by atoms with Gasteiger partial charge in [0.1, 0.15) is 4.90 Å². The molecule has 1 unspecified atom stereocenters. The Labute approximate surface area is 152 Å². The van der Waals surface area contributed by atoms with Gasteiger partial charge in [-0.2, -0.15) is 18.3 Å². The lowest BCUT2D eigenvalue weighted by Crippen LogP contribution is -2.16. The monoisotopic (exact) mass is 399 g/mol. The fourth-order valence-electron chi connectivity index (χ4n) is 3.15. The molecule has 7 nitrogen and oxygen atoms in total. The van der Waals surface area contributed by atoms with E-state index in [9.17, 15) is 21.6 Å². The second kappa shape index (κ2) is 6.27. The van der Waals surface area contributed by atoms with Crippen molar-refractivity contribution in [3.8, 4) is 0 Å². The SMILES string of the molecule is O=S(=O)(Nc1ccn(C2CCNC2)n1)c1c[nH]c2cc(C(F)(F)F)ccc12. The number of anilines is 1. The van der Waals surface area contributed by atoms with Crippen molar-refractivity contribution in [3.05, 3.63) is 42.2 Å². The minimum atomic E-state index is -4.50. The highest BCUT2D eigenvalue weighted by Crippen LogP contribution is 2.33. The van der Waals surface area contributed by atoms with E-state index in [-0.39, 0.29) is 27.7 Å². The van der Waals surface area contributed by atoms with Crippen LogP contribution < -0.4 is 10.0 Å². The molecule has 2 aromatic heterocycles. The van der Waals surface area contributed by atoms with Crippen molar-refractivity contribution in [2.45, 2.75) is 23.5 Å². The van der Waals surface area contributed by atoms with Crippen molar-refractivity contribution in [2.24, 2.45) is 0 Å². The molecule has 0 bridgehead atoms. The Morgan fingerprint density at radius 1 is 1.26 bits per heavy atom. The van der Waals surface area contributed by atoms with E-state index in [1.165, 1.54) is 6.20 Å². The molecule has 3 heterocycles. The molecule has 0 amide bonds. The topological polar surface area (TPSA) is 91.8 Å². The molecule has 1 aliphatic rings. The van der Waals surface area contributed by atoms with Gasteiger partial charge in [-0.1, -0.05) is 6.07 Å². The summed E-state index contributed by atoms with van der Waals surface area (Å²) in [5.41, 5.74) is -0.759. The van der Waals surface area contributed by atoms with E-state index in [1.54, 1.807) is 16.9 Å². The van der Waals surface area contributed by atoms with Crippen molar-refractivity contribution in [1.82, 2.24) is 20.1 Å². The van der Waals surface area contributed by atoms with E-state index < -0.39 is 21.8 Å². The molecule has 0 radical (unpaired) electrons. The third kappa shape index (κ3) is 3.39. The molecule has 27 heavy (non-hydrogen) atoms. The van der Waals surface area contributed by atoms with E-state index in [1.807, 2.05) is 0 Å². The van der Waals surface area contributed by atoms with E-state index in [4.69, 9.17) is 0 Å². The summed E-state index contributed by atoms with van der Waals surface area (Å²) in [5, 5.41) is 7.62. The summed E-state index contributed by atoms with van der Waals surface area (Å²) in [6.45, 7) is 1.64. The molecule has 1 aromatic carbocycles. The first-order chi connectivity index (χ1) is 12.7. The minimum absolute atomic E-state index is 0.0905. The van der Waals surface area contributed by atoms with Gasteiger partial charge in [-0.15, -0.1) is 0 Å². The smallest absolute Gasteiger partial charge is 0.360 e. The first-order valence-corrected chi connectivity index (χ1v) is 9.69. The summed E-state index contributed by atoms with van der Waals surface area (Å²) < 4.78 is 67.9. The van der Waals surface area contributed by atoms with Crippen molar-refractivity contribution < 1.29 is 21.6 Å². The minimum Gasteiger partial charge on any atom is -0.360 e. The number of hydrogen-bond donors (Lipinski definition) is 3. The number of nitrogens with zero attached hydrogens (tertiary/aromatic N) is 2. The van der Waals surface area contributed by atoms with Crippen molar-refractivity contribution in [3.63, 3.8) is 0 Å². The van der Waals surface area contributed by atoms with Gasteiger partial charge in [-0.25, -0.2) is 8.42 Å². The number of benzene rings is 1. The zero-order valence-electron chi connectivity index (χ0n) is 13.9. The van der Waals surface area contributed by atoms with Crippen LogP contribution in [-0.4, -0.2) is 36.3 Å². The Morgan fingerprint density at radius 3 is 2.78 bits per heavy atom. The van der Waals surface area contributed by atoms with Gasteiger partial charge in [0.15, 0.2) is 5.82 Å². The Hall–Kier alpha value is -2.53. The zero-order valence-corrected chi connectivity index (χ0v) is 14.7. The molecule has 4 rings (SSSR count). The number of hydrogen-bond acceptors (Lipinski definition) is 4. The molecule has 144 valence electrons. The summed E-state index contributed by atoms with van der Waals surface area (Å²) in [6.07, 6.45) is -0.734. The largest absolute Gasteiger partial charge is 0.416 e. The predicted molar refractivity (Wildman–Crippen MR) is 92.9 cm³/mol. The van der Waals surface area contributed by atoms with Gasteiger partial charge in [-0.3, -0.25) is 9.40 Å². The van der Waals surface area contributed by atoms with Crippen LogP contribution in [0.2, 0.25) is 0 Å². The second-order valence-electron chi connectivity index (χ2n) is 6.34. The highest BCUT2D eigenvalue weighted by atomic mass is 32.2. The molecule has 3 N–H and O–H groups in total. The molecule has 3 aromatic rings. The zero-order chi connectivity index (χ0) is 19.2. The van der Waals surface area contributed by atoms with Gasteiger partial charge in [0.2, 0.25) is 0 Å². The number of aromatic nitrogens is 3. The standard InChI is InChI=1S/C16H16F3N5O2S/c17-16(18,19)10-1-2-12-13(7-10)21-9-14(12)27(25,26)23-15-4-6-24(22-15)11-3-5-20-8-11/h1-2,4,6-7,9,11,20-21H,3,5,8H2,(H,22,23). The van der Waals surface area contributed by atoms with E-state index in [0.29, 0.717) is 0 Å². The summed E-state index contributed by atoms with van der Waals surface area (Å²) in [4.78, 5) is 2.45. The third-order valence-corrected chi connectivity index (χ3v) is 5.91. The Kier molecular flexibility index (Phi) is 4.15. The van der Waals surface area contributed by atoms with E-state index in [2.05, 4.69) is 20.1 Å². The van der Waals surface area contributed by atoms with Crippen LogP contribution >= 0.6 is 0 Å². The molecular weight excluding hydrogens is 383 g/mol. The number of H-pyrrole nitrogens is 1. The quantitative estimate of drug-likeness (QED) is 0.629. The van der Waals surface area contributed by atoms with Crippen LogP contribution in [0.3, 0.4) is 0 Å². The average molecular weight is 399 g/mol. The van der Waals surface area contributed by atoms with Gasteiger partial charge in [0.25, 0.3) is 10.0 Å². The molecule has 1 aliphatic heterocycles. The summed E-state index contributed by atoms with van der Waals surface area (Å²) >= 11 is 0. The normalized spacial score (nSPS) is 18.3. The Morgan fingerprint density at radius 2 is 2.07 bits per heavy atom. The summed E-state index contributed by atoms with van der Waals surface area (Å²) in [6, 6.07) is 4.60. The molecule has 11 heteroatoms. The fourth-order valence-corrected chi connectivity index (χ4v) is 4.33. The van der Waals surface area contributed by atoms with Gasteiger partial charge < -0.3 is 10.3 Å². The number of nitrogens with one attached hydrogen (secondary N) is 3. The van der Waals surface area contributed by atoms with Gasteiger partial charge in [0, 0.05) is 35.9 Å². The van der Waals surface area contributed by atoms with Crippen LogP contribution in [0.1, 0.15) is 18.0 Å². The number of fused-ring (bicyclic) bond motifs is 1. The van der Waals surface area contributed by atoms with E-state index in [0.717, 1.165) is 37.7 Å². The molecule has 0 aliphatic carbocycles. The van der Waals surface area contributed by atoms with Crippen molar-refractivity contribution >= 4 is 26.7 Å². The predicted octanol–water partition coefficient (Wildman–Crippen LogP) is 2.72. The number of aromatic amines is 1. The molecule has 0 saturated carbocycles.